The van der Waals surface area contributed by atoms with E-state index >= 15 is 0 Å². The monoisotopic (exact) mass is 275 g/mol. The van der Waals surface area contributed by atoms with Crippen LogP contribution in [0.4, 0.5) is 0 Å². The maximum absolute atomic E-state index is 12.4. The molecule has 4 N–H and O–H groups in total. The number of nitrogens with two attached hydrogens (primary N) is 2. The molecule has 0 saturated heterocycles. The molecule has 0 spiro atoms. The number of hydrogen-bond donors (Lipinski definition) is 2. The number of primary amides is 1. The molecule has 2 amide bonds. The summed E-state index contributed by atoms with van der Waals surface area (Å²) in [6.07, 6.45) is 3.56. The van der Waals surface area contributed by atoms with Gasteiger partial charge in [0.05, 0.1) is 5.54 Å². The molecule has 5 nitrogen and oxygen atoms in total. The molecule has 0 aromatic heterocycles. The topological polar surface area (TPSA) is 89.4 Å². The van der Waals surface area contributed by atoms with Crippen LogP contribution in [0.25, 0.3) is 0 Å². The van der Waals surface area contributed by atoms with E-state index in [1.165, 1.54) is 0 Å². The summed E-state index contributed by atoms with van der Waals surface area (Å²) in [7, 11) is 1.76. The van der Waals surface area contributed by atoms with Gasteiger partial charge >= 0.3 is 0 Å². The molecule has 1 aromatic carbocycles. The summed E-state index contributed by atoms with van der Waals surface area (Å²) < 4.78 is 0. The fourth-order valence-electron chi connectivity index (χ4n) is 2.72. The smallest absolute Gasteiger partial charge is 0.248 e. The van der Waals surface area contributed by atoms with Gasteiger partial charge in [-0.1, -0.05) is 25.0 Å². The second kappa shape index (κ2) is 5.63. The van der Waals surface area contributed by atoms with Crippen molar-refractivity contribution in [2.45, 2.75) is 37.8 Å². The van der Waals surface area contributed by atoms with E-state index < -0.39 is 11.4 Å². The van der Waals surface area contributed by atoms with Gasteiger partial charge in [0.1, 0.15) is 0 Å². The SMILES string of the molecule is CN(Cc1ccc(C(N)=O)cc1)C(=O)C1(N)CCCC1. The van der Waals surface area contributed by atoms with Gasteiger partial charge in [0.2, 0.25) is 11.8 Å². The summed E-state index contributed by atoms with van der Waals surface area (Å²) in [4.78, 5) is 25.0. The van der Waals surface area contributed by atoms with Crippen LogP contribution < -0.4 is 11.5 Å². The minimum atomic E-state index is -0.693. The molecule has 0 unspecified atom stereocenters. The van der Waals surface area contributed by atoms with E-state index in [9.17, 15) is 9.59 Å². The van der Waals surface area contributed by atoms with Gasteiger partial charge in [-0.25, -0.2) is 0 Å². The molecule has 0 atom stereocenters. The van der Waals surface area contributed by atoms with Crippen molar-refractivity contribution in [3.8, 4) is 0 Å². The Morgan fingerprint density at radius 3 is 2.25 bits per heavy atom. The Morgan fingerprint density at radius 2 is 1.75 bits per heavy atom. The Balaban J connectivity index is 2.02. The van der Waals surface area contributed by atoms with Crippen molar-refractivity contribution >= 4 is 11.8 Å². The van der Waals surface area contributed by atoms with Crippen molar-refractivity contribution in [2.24, 2.45) is 11.5 Å². The predicted octanol–water partition coefficient (Wildman–Crippen LogP) is 1.02. The zero-order valence-corrected chi connectivity index (χ0v) is 11.8. The van der Waals surface area contributed by atoms with Crippen molar-refractivity contribution in [2.75, 3.05) is 7.05 Å². The summed E-state index contributed by atoms with van der Waals surface area (Å²) in [5.74, 6) is -0.457. The highest BCUT2D eigenvalue weighted by Crippen LogP contribution is 2.29. The number of carbonyl (C=O) groups excluding carboxylic acids is 2. The van der Waals surface area contributed by atoms with E-state index in [0.29, 0.717) is 12.1 Å². The lowest BCUT2D eigenvalue weighted by atomic mass is 9.97. The Kier molecular flexibility index (Phi) is 4.09. The quantitative estimate of drug-likeness (QED) is 0.859. The normalized spacial score (nSPS) is 16.9. The van der Waals surface area contributed by atoms with Crippen LogP contribution >= 0.6 is 0 Å². The fourth-order valence-corrected chi connectivity index (χ4v) is 2.72. The van der Waals surface area contributed by atoms with Crippen LogP contribution in [-0.4, -0.2) is 29.3 Å². The van der Waals surface area contributed by atoms with E-state index in [2.05, 4.69) is 0 Å². The van der Waals surface area contributed by atoms with Gasteiger partial charge in [0.15, 0.2) is 0 Å². The molecule has 0 bridgehead atoms. The number of benzene rings is 1. The largest absolute Gasteiger partial charge is 0.366 e. The van der Waals surface area contributed by atoms with Crippen LogP contribution in [0.5, 0.6) is 0 Å². The van der Waals surface area contributed by atoms with Gasteiger partial charge in [-0.3, -0.25) is 9.59 Å². The average Bonchev–Trinajstić information content (AvgIpc) is 2.86. The minimum Gasteiger partial charge on any atom is -0.366 e. The molecule has 1 aliphatic rings. The number of carbonyl (C=O) groups is 2. The molecule has 0 radical (unpaired) electrons. The molecule has 1 fully saturated rings. The van der Waals surface area contributed by atoms with E-state index in [0.717, 1.165) is 31.2 Å². The van der Waals surface area contributed by atoms with E-state index in [1.54, 1.807) is 24.1 Å². The highest BCUT2D eigenvalue weighted by atomic mass is 16.2. The van der Waals surface area contributed by atoms with Crippen molar-refractivity contribution in [1.82, 2.24) is 4.90 Å². The zero-order valence-electron chi connectivity index (χ0n) is 11.8. The summed E-state index contributed by atoms with van der Waals surface area (Å²) in [5.41, 5.74) is 12.1. The van der Waals surface area contributed by atoms with Crippen molar-refractivity contribution in [1.29, 1.82) is 0 Å². The van der Waals surface area contributed by atoms with Crippen molar-refractivity contribution in [3.63, 3.8) is 0 Å². The van der Waals surface area contributed by atoms with Crippen LogP contribution in [0.2, 0.25) is 0 Å². The molecule has 0 heterocycles. The van der Waals surface area contributed by atoms with Crippen LogP contribution in [0.15, 0.2) is 24.3 Å². The number of hydrogen-bond acceptors (Lipinski definition) is 3. The highest BCUT2D eigenvalue weighted by Gasteiger charge is 2.38. The highest BCUT2D eigenvalue weighted by molar-refractivity contribution is 5.92. The van der Waals surface area contributed by atoms with Gasteiger partial charge < -0.3 is 16.4 Å². The van der Waals surface area contributed by atoms with E-state index in [-0.39, 0.29) is 5.91 Å². The lowest BCUT2D eigenvalue weighted by Gasteiger charge is -2.28. The number of nitrogens with zero attached hydrogens (tertiary/aromatic N) is 1. The predicted molar refractivity (Wildman–Crippen MR) is 76.8 cm³/mol. The maximum Gasteiger partial charge on any atom is 0.248 e. The van der Waals surface area contributed by atoms with Gasteiger partial charge in [-0.05, 0) is 30.5 Å². The van der Waals surface area contributed by atoms with E-state index in [4.69, 9.17) is 11.5 Å². The first-order valence-electron chi connectivity index (χ1n) is 6.85. The Bertz CT molecular complexity index is 504. The second-order valence-electron chi connectivity index (χ2n) is 5.59. The molecule has 108 valence electrons. The van der Waals surface area contributed by atoms with Crippen molar-refractivity contribution in [3.05, 3.63) is 35.4 Å². The standard InChI is InChI=1S/C15H21N3O2/c1-18(14(20)15(17)8-2-3-9-15)10-11-4-6-12(7-5-11)13(16)19/h4-7H,2-3,8-10,17H2,1H3,(H2,16,19). The summed E-state index contributed by atoms with van der Waals surface area (Å²) in [6, 6.07) is 6.96. The Labute approximate surface area is 118 Å². The van der Waals surface area contributed by atoms with Crippen LogP contribution in [0.3, 0.4) is 0 Å². The first-order valence-corrected chi connectivity index (χ1v) is 6.85. The van der Waals surface area contributed by atoms with Crippen LogP contribution in [-0.2, 0) is 11.3 Å². The zero-order chi connectivity index (χ0) is 14.8. The average molecular weight is 275 g/mol. The number of amides is 2. The lowest BCUT2D eigenvalue weighted by Crippen LogP contribution is -2.52. The molecular formula is C15H21N3O2. The number of rotatable bonds is 4. The molecule has 1 aliphatic carbocycles. The molecule has 1 saturated carbocycles. The molecule has 5 heteroatoms. The Morgan fingerprint density at radius 1 is 1.20 bits per heavy atom. The van der Waals surface area contributed by atoms with E-state index in [1.807, 2.05) is 12.1 Å². The molecule has 2 rings (SSSR count). The van der Waals surface area contributed by atoms with Gasteiger partial charge in [-0.15, -0.1) is 0 Å². The van der Waals surface area contributed by atoms with Crippen LogP contribution in [0, 0.1) is 0 Å². The first kappa shape index (κ1) is 14.5. The van der Waals surface area contributed by atoms with Gasteiger partial charge in [-0.2, -0.15) is 0 Å². The second-order valence-corrected chi connectivity index (χ2v) is 5.59. The lowest BCUT2D eigenvalue weighted by molar-refractivity contribution is -0.136. The summed E-state index contributed by atoms with van der Waals surface area (Å²) >= 11 is 0. The molecule has 20 heavy (non-hydrogen) atoms. The Hall–Kier alpha value is -1.88. The molecule has 1 aromatic rings. The third-order valence-electron chi connectivity index (χ3n) is 3.93. The summed E-state index contributed by atoms with van der Waals surface area (Å²) in [5, 5.41) is 0. The number of likely N-dealkylation sites (N-methyl/N-ethyl adjacent to an activating group) is 1. The summed E-state index contributed by atoms with van der Waals surface area (Å²) in [6.45, 7) is 0.483. The molecular weight excluding hydrogens is 254 g/mol. The maximum atomic E-state index is 12.4. The third kappa shape index (κ3) is 2.99. The fraction of sp³-hybridized carbons (Fsp3) is 0.467. The molecule has 0 aliphatic heterocycles. The first-order chi connectivity index (χ1) is 9.42. The van der Waals surface area contributed by atoms with Gasteiger partial charge in [0, 0.05) is 19.2 Å². The van der Waals surface area contributed by atoms with Crippen molar-refractivity contribution < 1.29 is 9.59 Å². The minimum absolute atomic E-state index is 0.00558. The van der Waals surface area contributed by atoms with Crippen LogP contribution in [0.1, 0.15) is 41.6 Å². The third-order valence-corrected chi connectivity index (χ3v) is 3.93. The van der Waals surface area contributed by atoms with Gasteiger partial charge in [0.25, 0.3) is 0 Å².